The van der Waals surface area contributed by atoms with Crippen LogP contribution in [0.15, 0.2) is 12.1 Å². The molecule has 1 aromatic rings. The van der Waals surface area contributed by atoms with E-state index in [4.69, 9.17) is 9.47 Å². The molecular formula is C8H7NO3. The summed E-state index contributed by atoms with van der Waals surface area (Å²) in [7, 11) is 1.52. The van der Waals surface area contributed by atoms with Gasteiger partial charge in [0.15, 0.2) is 6.61 Å². The standard InChI is InChI=1S/C8H7NO3/c1-11-7-3-2-5-6(10)4-12-8(5)9-7/h2-3H,4H2,1H3. The summed E-state index contributed by atoms with van der Waals surface area (Å²) >= 11 is 0. The smallest absolute Gasteiger partial charge is 0.228 e. The molecule has 0 saturated carbocycles. The lowest BCUT2D eigenvalue weighted by Crippen LogP contribution is -1.98. The minimum absolute atomic E-state index is 0.0276. The number of ether oxygens (including phenoxy) is 2. The number of aromatic nitrogens is 1. The van der Waals surface area contributed by atoms with Gasteiger partial charge in [0, 0.05) is 6.07 Å². The zero-order chi connectivity index (χ0) is 8.55. The average molecular weight is 165 g/mol. The molecule has 2 heterocycles. The molecule has 62 valence electrons. The van der Waals surface area contributed by atoms with Crippen LogP contribution in [0.2, 0.25) is 0 Å². The maximum atomic E-state index is 11.1. The second-order valence-corrected chi connectivity index (χ2v) is 2.42. The highest BCUT2D eigenvalue weighted by molar-refractivity contribution is 6.01. The van der Waals surface area contributed by atoms with E-state index in [0.29, 0.717) is 17.3 Å². The molecule has 4 nitrogen and oxygen atoms in total. The van der Waals surface area contributed by atoms with Gasteiger partial charge in [-0.2, -0.15) is 4.98 Å². The van der Waals surface area contributed by atoms with Crippen LogP contribution in [0, 0.1) is 0 Å². The minimum Gasteiger partial charge on any atom is -0.481 e. The Morgan fingerprint density at radius 1 is 1.58 bits per heavy atom. The van der Waals surface area contributed by atoms with Crippen LogP contribution in [-0.2, 0) is 0 Å². The number of hydrogen-bond acceptors (Lipinski definition) is 4. The summed E-state index contributed by atoms with van der Waals surface area (Å²) in [6, 6.07) is 3.31. The van der Waals surface area contributed by atoms with Crippen molar-refractivity contribution in [1.82, 2.24) is 4.98 Å². The second-order valence-electron chi connectivity index (χ2n) is 2.42. The lowest BCUT2D eigenvalue weighted by Gasteiger charge is -1.99. The minimum atomic E-state index is -0.0276. The summed E-state index contributed by atoms with van der Waals surface area (Å²) in [5, 5.41) is 0. The zero-order valence-electron chi connectivity index (χ0n) is 6.53. The summed E-state index contributed by atoms with van der Waals surface area (Å²) in [6.07, 6.45) is 0. The molecule has 12 heavy (non-hydrogen) atoms. The van der Waals surface area contributed by atoms with E-state index in [9.17, 15) is 4.79 Å². The topological polar surface area (TPSA) is 48.4 Å². The third-order valence-electron chi connectivity index (χ3n) is 1.68. The molecule has 0 radical (unpaired) electrons. The van der Waals surface area contributed by atoms with Gasteiger partial charge in [0.2, 0.25) is 17.5 Å². The number of nitrogens with zero attached hydrogens (tertiary/aromatic N) is 1. The van der Waals surface area contributed by atoms with Gasteiger partial charge in [0.05, 0.1) is 12.7 Å². The van der Waals surface area contributed by atoms with Gasteiger partial charge in [-0.1, -0.05) is 0 Å². The van der Waals surface area contributed by atoms with Crippen LogP contribution < -0.4 is 9.47 Å². The summed E-state index contributed by atoms with van der Waals surface area (Å²) in [5.74, 6) is 0.808. The van der Waals surface area contributed by atoms with Crippen molar-refractivity contribution in [2.75, 3.05) is 13.7 Å². The largest absolute Gasteiger partial charge is 0.481 e. The molecule has 0 atom stereocenters. The zero-order valence-corrected chi connectivity index (χ0v) is 6.53. The molecule has 0 bridgehead atoms. The monoisotopic (exact) mass is 165 g/mol. The highest BCUT2D eigenvalue weighted by Crippen LogP contribution is 2.24. The Kier molecular flexibility index (Phi) is 1.46. The van der Waals surface area contributed by atoms with E-state index in [-0.39, 0.29) is 12.4 Å². The SMILES string of the molecule is COc1ccc2c(n1)OCC2=O. The van der Waals surface area contributed by atoms with Gasteiger partial charge in [0.1, 0.15) is 0 Å². The summed E-state index contributed by atoms with van der Waals surface area (Å²) in [6.45, 7) is 0.0928. The van der Waals surface area contributed by atoms with Crippen molar-refractivity contribution < 1.29 is 14.3 Å². The highest BCUT2D eigenvalue weighted by Gasteiger charge is 2.22. The number of carbonyl (C=O) groups excluding carboxylic acids is 1. The Labute approximate surface area is 69.1 Å². The van der Waals surface area contributed by atoms with E-state index in [2.05, 4.69) is 4.98 Å². The Hall–Kier alpha value is -1.58. The Morgan fingerprint density at radius 2 is 2.42 bits per heavy atom. The third-order valence-corrected chi connectivity index (χ3v) is 1.68. The van der Waals surface area contributed by atoms with Crippen molar-refractivity contribution in [3.63, 3.8) is 0 Å². The molecule has 0 spiro atoms. The van der Waals surface area contributed by atoms with Gasteiger partial charge < -0.3 is 9.47 Å². The fourth-order valence-corrected chi connectivity index (χ4v) is 1.07. The van der Waals surface area contributed by atoms with Crippen molar-refractivity contribution in [2.45, 2.75) is 0 Å². The molecule has 1 aliphatic rings. The molecule has 0 fully saturated rings. The Morgan fingerprint density at radius 3 is 3.17 bits per heavy atom. The highest BCUT2D eigenvalue weighted by atomic mass is 16.5. The van der Waals surface area contributed by atoms with Crippen LogP contribution in [0.25, 0.3) is 0 Å². The van der Waals surface area contributed by atoms with Gasteiger partial charge in [0.25, 0.3) is 0 Å². The maximum Gasteiger partial charge on any atom is 0.228 e. The quantitative estimate of drug-likeness (QED) is 0.613. The second kappa shape index (κ2) is 2.48. The first kappa shape index (κ1) is 7.09. The van der Waals surface area contributed by atoms with E-state index >= 15 is 0 Å². The maximum absolute atomic E-state index is 11.1. The van der Waals surface area contributed by atoms with Crippen LogP contribution in [0.4, 0.5) is 0 Å². The van der Waals surface area contributed by atoms with Crippen LogP contribution >= 0.6 is 0 Å². The fraction of sp³-hybridized carbons (Fsp3) is 0.250. The molecule has 0 amide bonds. The van der Waals surface area contributed by atoms with E-state index < -0.39 is 0 Å². The number of methoxy groups -OCH3 is 1. The van der Waals surface area contributed by atoms with Gasteiger partial charge >= 0.3 is 0 Å². The van der Waals surface area contributed by atoms with Crippen LogP contribution in [0.1, 0.15) is 10.4 Å². The molecule has 0 aliphatic carbocycles. The molecule has 1 aromatic heterocycles. The number of carbonyl (C=O) groups is 1. The fourth-order valence-electron chi connectivity index (χ4n) is 1.07. The van der Waals surface area contributed by atoms with Crippen molar-refractivity contribution in [1.29, 1.82) is 0 Å². The predicted molar refractivity (Wildman–Crippen MR) is 40.6 cm³/mol. The number of ketones is 1. The Bertz CT molecular complexity index is 335. The summed E-state index contributed by atoms with van der Waals surface area (Å²) < 4.78 is 9.88. The molecular weight excluding hydrogens is 158 g/mol. The van der Waals surface area contributed by atoms with Crippen molar-refractivity contribution in [2.24, 2.45) is 0 Å². The van der Waals surface area contributed by atoms with E-state index in [1.807, 2.05) is 0 Å². The van der Waals surface area contributed by atoms with Gasteiger partial charge in [-0.05, 0) is 6.07 Å². The predicted octanol–water partition coefficient (Wildman–Crippen LogP) is 0.665. The van der Waals surface area contributed by atoms with Crippen molar-refractivity contribution >= 4 is 5.78 Å². The normalized spacial score (nSPS) is 13.9. The van der Waals surface area contributed by atoms with Gasteiger partial charge in [-0.3, -0.25) is 4.79 Å². The number of hydrogen-bond donors (Lipinski definition) is 0. The third kappa shape index (κ3) is 0.922. The molecule has 4 heteroatoms. The van der Waals surface area contributed by atoms with E-state index in [0.717, 1.165) is 0 Å². The molecule has 0 aromatic carbocycles. The van der Waals surface area contributed by atoms with Gasteiger partial charge in [-0.15, -0.1) is 0 Å². The lowest BCUT2D eigenvalue weighted by atomic mass is 10.2. The summed E-state index contributed by atoms with van der Waals surface area (Å²) in [5.41, 5.74) is 0.538. The lowest BCUT2D eigenvalue weighted by molar-refractivity contribution is 0.0960. The first-order chi connectivity index (χ1) is 5.81. The van der Waals surface area contributed by atoms with Crippen LogP contribution in [-0.4, -0.2) is 24.5 Å². The number of pyridine rings is 1. The molecule has 2 rings (SSSR count). The van der Waals surface area contributed by atoms with Crippen LogP contribution in [0.5, 0.6) is 11.8 Å². The number of fused-ring (bicyclic) bond motifs is 1. The van der Waals surface area contributed by atoms with E-state index in [1.54, 1.807) is 12.1 Å². The molecule has 0 N–H and O–H groups in total. The Balaban J connectivity index is 2.48. The number of rotatable bonds is 1. The van der Waals surface area contributed by atoms with Crippen LogP contribution in [0.3, 0.4) is 0 Å². The van der Waals surface area contributed by atoms with E-state index in [1.165, 1.54) is 7.11 Å². The first-order valence-electron chi connectivity index (χ1n) is 3.52. The first-order valence-corrected chi connectivity index (χ1v) is 3.52. The van der Waals surface area contributed by atoms with Crippen molar-refractivity contribution in [3.8, 4) is 11.8 Å². The molecule has 0 saturated heterocycles. The number of Topliss-reactive ketones (excluding diaryl/α,β-unsaturated/α-hetero) is 1. The van der Waals surface area contributed by atoms with Crippen molar-refractivity contribution in [3.05, 3.63) is 17.7 Å². The average Bonchev–Trinajstić information content (AvgIpc) is 2.47. The molecule has 0 unspecified atom stereocenters. The molecule has 1 aliphatic heterocycles. The van der Waals surface area contributed by atoms with Gasteiger partial charge in [-0.25, -0.2) is 0 Å². The summed E-state index contributed by atoms with van der Waals surface area (Å²) in [4.78, 5) is 15.0.